The molecule has 1 unspecified atom stereocenters. The molecule has 0 radical (unpaired) electrons. The van der Waals surface area contributed by atoms with E-state index in [1.165, 1.54) is 0 Å². The van der Waals surface area contributed by atoms with Crippen LogP contribution in [0.2, 0.25) is 0 Å². The number of likely N-dealkylation sites (N-methyl/N-ethyl adjacent to an activating group) is 1. The predicted molar refractivity (Wildman–Crippen MR) is 74.4 cm³/mol. The molecule has 19 heavy (non-hydrogen) atoms. The van der Waals surface area contributed by atoms with Crippen LogP contribution >= 0.6 is 15.9 Å². The third kappa shape index (κ3) is 3.87. The Morgan fingerprint density at radius 1 is 1.42 bits per heavy atom. The quantitative estimate of drug-likeness (QED) is 0.857. The summed E-state index contributed by atoms with van der Waals surface area (Å²) in [7, 11) is 0. The second kappa shape index (κ2) is 6.63. The third-order valence-corrected chi connectivity index (χ3v) is 3.81. The minimum Gasteiger partial charge on any atom is -0.380 e. The van der Waals surface area contributed by atoms with Gasteiger partial charge in [-0.3, -0.25) is 4.90 Å². The fourth-order valence-corrected chi connectivity index (χ4v) is 2.39. The van der Waals surface area contributed by atoms with Crippen LogP contribution in [0.4, 0.5) is 14.5 Å². The number of anilines is 1. The highest BCUT2D eigenvalue weighted by molar-refractivity contribution is 9.10. The van der Waals surface area contributed by atoms with Crippen molar-refractivity contribution < 1.29 is 13.5 Å². The van der Waals surface area contributed by atoms with Gasteiger partial charge in [-0.1, -0.05) is 6.92 Å². The topological polar surface area (TPSA) is 24.5 Å². The van der Waals surface area contributed by atoms with Gasteiger partial charge in [0.2, 0.25) is 0 Å². The van der Waals surface area contributed by atoms with Gasteiger partial charge in [0.15, 0.2) is 0 Å². The molecule has 1 saturated heterocycles. The van der Waals surface area contributed by atoms with Gasteiger partial charge in [0.05, 0.1) is 22.9 Å². The lowest BCUT2D eigenvalue weighted by molar-refractivity contribution is -0.0192. The first-order chi connectivity index (χ1) is 9.10. The summed E-state index contributed by atoms with van der Waals surface area (Å²) in [5, 5.41) is 2.91. The second-order valence-electron chi connectivity index (χ2n) is 4.51. The molecule has 1 aromatic rings. The summed E-state index contributed by atoms with van der Waals surface area (Å²) in [6, 6.07) is 2.28. The van der Waals surface area contributed by atoms with Crippen LogP contribution in [0.5, 0.6) is 0 Å². The first-order valence-corrected chi connectivity index (χ1v) is 7.11. The molecule has 1 fully saturated rings. The van der Waals surface area contributed by atoms with Crippen LogP contribution in [0.15, 0.2) is 16.6 Å². The molecule has 0 spiro atoms. The number of hydrogen-bond acceptors (Lipinski definition) is 3. The molecule has 106 valence electrons. The van der Waals surface area contributed by atoms with Crippen LogP contribution in [-0.4, -0.2) is 43.8 Å². The van der Waals surface area contributed by atoms with Gasteiger partial charge in [-0.2, -0.15) is 0 Å². The zero-order chi connectivity index (χ0) is 13.8. The molecule has 1 aliphatic heterocycles. The van der Waals surface area contributed by atoms with Crippen molar-refractivity contribution in [3.05, 3.63) is 28.2 Å². The zero-order valence-corrected chi connectivity index (χ0v) is 12.3. The number of nitrogens with zero attached hydrogens (tertiary/aromatic N) is 1. The summed E-state index contributed by atoms with van der Waals surface area (Å²) in [5.41, 5.74) is 0.165. The molecule has 1 heterocycles. The van der Waals surface area contributed by atoms with Crippen molar-refractivity contribution >= 4 is 21.6 Å². The van der Waals surface area contributed by atoms with E-state index in [1.54, 1.807) is 0 Å². The second-order valence-corrected chi connectivity index (χ2v) is 5.37. The Bertz CT molecular complexity index is 445. The summed E-state index contributed by atoms with van der Waals surface area (Å²) in [4.78, 5) is 2.27. The molecule has 0 bridgehead atoms. The number of morpholine rings is 1. The minimum atomic E-state index is -0.483. The smallest absolute Gasteiger partial charge is 0.147 e. The fourth-order valence-electron chi connectivity index (χ4n) is 2.07. The zero-order valence-electron chi connectivity index (χ0n) is 10.8. The first-order valence-electron chi connectivity index (χ1n) is 6.32. The van der Waals surface area contributed by atoms with E-state index >= 15 is 0 Å². The maximum absolute atomic E-state index is 13.6. The normalized spacial score (nSPS) is 20.5. The van der Waals surface area contributed by atoms with Gasteiger partial charge in [-0.25, -0.2) is 8.78 Å². The Balaban J connectivity index is 1.93. The number of ether oxygens (including phenoxy) is 1. The number of hydrogen-bond donors (Lipinski definition) is 1. The highest BCUT2D eigenvalue weighted by Gasteiger charge is 2.19. The molecule has 2 rings (SSSR count). The summed E-state index contributed by atoms with van der Waals surface area (Å²) >= 11 is 2.95. The summed E-state index contributed by atoms with van der Waals surface area (Å²) in [5.74, 6) is -0.958. The van der Waals surface area contributed by atoms with Crippen molar-refractivity contribution in [3.63, 3.8) is 0 Å². The third-order valence-electron chi connectivity index (χ3n) is 3.20. The standard InChI is InChI=1S/C13H17BrF2N2O/c1-2-18-3-4-19-9(8-18)7-17-13-6-11(15)10(14)5-12(13)16/h5-6,9,17H,2-4,7-8H2,1H3. The first kappa shape index (κ1) is 14.7. The van der Waals surface area contributed by atoms with Gasteiger partial charge < -0.3 is 10.1 Å². The maximum Gasteiger partial charge on any atom is 0.147 e. The maximum atomic E-state index is 13.6. The molecule has 0 amide bonds. The van der Waals surface area contributed by atoms with Crippen molar-refractivity contribution in [3.8, 4) is 0 Å². The number of halogens is 3. The molecule has 0 aromatic heterocycles. The molecule has 6 heteroatoms. The lowest BCUT2D eigenvalue weighted by Gasteiger charge is -2.32. The van der Waals surface area contributed by atoms with E-state index in [1.807, 2.05) is 0 Å². The average Bonchev–Trinajstić information content (AvgIpc) is 2.41. The summed E-state index contributed by atoms with van der Waals surface area (Å²) in [6.45, 7) is 5.95. The largest absolute Gasteiger partial charge is 0.380 e. The predicted octanol–water partition coefficient (Wildman–Crippen LogP) is 2.86. The van der Waals surface area contributed by atoms with Crippen molar-refractivity contribution in [2.75, 3.05) is 38.1 Å². The molecule has 3 nitrogen and oxygen atoms in total. The van der Waals surface area contributed by atoms with E-state index in [-0.39, 0.29) is 16.3 Å². The number of nitrogens with one attached hydrogen (secondary N) is 1. The SMILES string of the molecule is CCN1CCOC(CNc2cc(F)c(Br)cc2F)C1. The van der Waals surface area contributed by atoms with Gasteiger partial charge in [-0.15, -0.1) is 0 Å². The van der Waals surface area contributed by atoms with Crippen LogP contribution in [0.3, 0.4) is 0 Å². The molecular weight excluding hydrogens is 318 g/mol. The molecule has 0 aliphatic carbocycles. The monoisotopic (exact) mass is 334 g/mol. The van der Waals surface area contributed by atoms with Gasteiger partial charge in [0.25, 0.3) is 0 Å². The van der Waals surface area contributed by atoms with Gasteiger partial charge in [0, 0.05) is 25.7 Å². The summed E-state index contributed by atoms with van der Waals surface area (Å²) in [6.07, 6.45) is -0.000178. The molecule has 1 atom stereocenters. The number of benzene rings is 1. The highest BCUT2D eigenvalue weighted by atomic mass is 79.9. The van der Waals surface area contributed by atoms with Crippen LogP contribution in [-0.2, 0) is 4.74 Å². The van der Waals surface area contributed by atoms with Gasteiger partial charge in [0.1, 0.15) is 11.6 Å². The Morgan fingerprint density at radius 2 is 2.21 bits per heavy atom. The Morgan fingerprint density at radius 3 is 2.95 bits per heavy atom. The minimum absolute atomic E-state index is 0.000178. The molecule has 1 aromatic carbocycles. The molecular formula is C13H17BrF2N2O. The Hall–Kier alpha value is -0.720. The van der Waals surface area contributed by atoms with Crippen LogP contribution in [0, 0.1) is 11.6 Å². The average molecular weight is 335 g/mol. The lowest BCUT2D eigenvalue weighted by Crippen LogP contribution is -2.45. The molecule has 0 saturated carbocycles. The Labute approximate surface area is 120 Å². The Kier molecular flexibility index (Phi) is 5.13. The van der Waals surface area contributed by atoms with Crippen LogP contribution in [0.25, 0.3) is 0 Å². The van der Waals surface area contributed by atoms with Crippen molar-refractivity contribution in [1.82, 2.24) is 4.90 Å². The highest BCUT2D eigenvalue weighted by Crippen LogP contribution is 2.23. The number of rotatable bonds is 4. The van der Waals surface area contributed by atoms with Crippen LogP contribution < -0.4 is 5.32 Å². The van der Waals surface area contributed by atoms with Gasteiger partial charge in [-0.05, 0) is 28.5 Å². The van der Waals surface area contributed by atoms with Crippen molar-refractivity contribution in [1.29, 1.82) is 0 Å². The van der Waals surface area contributed by atoms with E-state index in [4.69, 9.17) is 4.74 Å². The lowest BCUT2D eigenvalue weighted by atomic mass is 10.2. The van der Waals surface area contributed by atoms with E-state index in [2.05, 4.69) is 33.1 Å². The molecule has 1 aliphatic rings. The van der Waals surface area contributed by atoms with Crippen molar-refractivity contribution in [2.45, 2.75) is 13.0 Å². The summed E-state index contributed by atoms with van der Waals surface area (Å²) < 4.78 is 32.7. The van der Waals surface area contributed by atoms with Gasteiger partial charge >= 0.3 is 0 Å². The molecule has 1 N–H and O–H groups in total. The van der Waals surface area contributed by atoms with E-state index < -0.39 is 11.6 Å². The van der Waals surface area contributed by atoms with E-state index in [9.17, 15) is 8.78 Å². The van der Waals surface area contributed by atoms with E-state index in [0.717, 1.165) is 31.8 Å². The van der Waals surface area contributed by atoms with Crippen molar-refractivity contribution in [2.24, 2.45) is 0 Å². The van der Waals surface area contributed by atoms with E-state index in [0.29, 0.717) is 13.2 Å². The van der Waals surface area contributed by atoms with Crippen LogP contribution in [0.1, 0.15) is 6.92 Å². The fraction of sp³-hybridized carbons (Fsp3) is 0.538.